The van der Waals surface area contributed by atoms with Crippen LogP contribution in [0.3, 0.4) is 0 Å². The van der Waals surface area contributed by atoms with Gasteiger partial charge < -0.3 is 15.4 Å². The number of ether oxygens (including phenoxy) is 1. The van der Waals surface area contributed by atoms with Crippen LogP contribution in [0, 0.1) is 0 Å². The van der Waals surface area contributed by atoms with E-state index in [9.17, 15) is 0 Å². The molecule has 0 amide bonds. The Balaban J connectivity index is 1.98. The standard InChI is InChI=1S/C15H25N3O/c1-12-10-17(2)7-8-18(12)11-15(16)13-5-4-6-14(9-13)19-3/h4-6,9,12,15H,7-8,10-11,16H2,1-3H3. The molecule has 1 fully saturated rings. The van der Waals surface area contributed by atoms with Crippen LogP contribution in [-0.4, -0.2) is 56.2 Å². The van der Waals surface area contributed by atoms with Crippen LogP contribution in [0.1, 0.15) is 18.5 Å². The number of piperazine rings is 1. The Hall–Kier alpha value is -1.10. The quantitative estimate of drug-likeness (QED) is 0.890. The summed E-state index contributed by atoms with van der Waals surface area (Å²) in [7, 11) is 3.86. The molecule has 4 nitrogen and oxygen atoms in total. The molecule has 0 aliphatic carbocycles. The SMILES string of the molecule is COc1cccc(C(N)CN2CCN(C)CC2C)c1. The lowest BCUT2D eigenvalue weighted by atomic mass is 10.1. The minimum atomic E-state index is 0.0426. The molecule has 0 saturated carbocycles. The molecule has 106 valence electrons. The van der Waals surface area contributed by atoms with Crippen molar-refractivity contribution in [3.05, 3.63) is 29.8 Å². The first kappa shape index (κ1) is 14.3. The van der Waals surface area contributed by atoms with Gasteiger partial charge >= 0.3 is 0 Å². The highest BCUT2D eigenvalue weighted by Crippen LogP contribution is 2.20. The first-order chi connectivity index (χ1) is 9.10. The Kier molecular flexibility index (Phi) is 4.80. The van der Waals surface area contributed by atoms with Gasteiger partial charge in [0.25, 0.3) is 0 Å². The number of rotatable bonds is 4. The third-order valence-corrected chi connectivity index (χ3v) is 3.92. The summed E-state index contributed by atoms with van der Waals surface area (Å²) in [5.41, 5.74) is 7.48. The van der Waals surface area contributed by atoms with Gasteiger partial charge in [-0.15, -0.1) is 0 Å². The molecule has 2 atom stereocenters. The van der Waals surface area contributed by atoms with E-state index in [1.165, 1.54) is 0 Å². The molecule has 0 bridgehead atoms. The summed E-state index contributed by atoms with van der Waals surface area (Å²) in [5.74, 6) is 0.874. The van der Waals surface area contributed by atoms with Gasteiger partial charge in [-0.05, 0) is 31.7 Å². The van der Waals surface area contributed by atoms with Gasteiger partial charge in [-0.2, -0.15) is 0 Å². The van der Waals surface area contributed by atoms with Crippen molar-refractivity contribution >= 4 is 0 Å². The third kappa shape index (κ3) is 3.69. The van der Waals surface area contributed by atoms with Crippen molar-refractivity contribution in [1.82, 2.24) is 9.80 Å². The summed E-state index contributed by atoms with van der Waals surface area (Å²) in [6.45, 7) is 6.51. The van der Waals surface area contributed by atoms with Crippen LogP contribution in [0.5, 0.6) is 5.75 Å². The zero-order valence-corrected chi connectivity index (χ0v) is 12.2. The summed E-state index contributed by atoms with van der Waals surface area (Å²) >= 11 is 0. The minimum Gasteiger partial charge on any atom is -0.497 e. The van der Waals surface area contributed by atoms with Gasteiger partial charge in [-0.1, -0.05) is 12.1 Å². The van der Waals surface area contributed by atoms with Crippen molar-refractivity contribution < 1.29 is 4.74 Å². The largest absolute Gasteiger partial charge is 0.497 e. The van der Waals surface area contributed by atoms with Crippen LogP contribution >= 0.6 is 0 Å². The highest BCUT2D eigenvalue weighted by Gasteiger charge is 2.23. The summed E-state index contributed by atoms with van der Waals surface area (Å²) in [5, 5.41) is 0. The van der Waals surface area contributed by atoms with E-state index < -0.39 is 0 Å². The number of hydrogen-bond donors (Lipinski definition) is 1. The van der Waals surface area contributed by atoms with Gasteiger partial charge in [-0.25, -0.2) is 0 Å². The van der Waals surface area contributed by atoms with Crippen LogP contribution in [0.15, 0.2) is 24.3 Å². The molecule has 2 unspecified atom stereocenters. The lowest BCUT2D eigenvalue weighted by Crippen LogP contribution is -2.52. The number of nitrogens with zero attached hydrogens (tertiary/aromatic N) is 2. The minimum absolute atomic E-state index is 0.0426. The van der Waals surface area contributed by atoms with Gasteiger partial charge in [0.15, 0.2) is 0 Å². The third-order valence-electron chi connectivity index (χ3n) is 3.92. The van der Waals surface area contributed by atoms with Gasteiger partial charge in [0.1, 0.15) is 5.75 Å². The van der Waals surface area contributed by atoms with Gasteiger partial charge in [0.2, 0.25) is 0 Å². The van der Waals surface area contributed by atoms with Crippen LogP contribution < -0.4 is 10.5 Å². The zero-order valence-electron chi connectivity index (χ0n) is 12.2. The Labute approximate surface area is 116 Å². The van der Waals surface area contributed by atoms with Gasteiger partial charge in [0, 0.05) is 38.3 Å². The highest BCUT2D eigenvalue weighted by molar-refractivity contribution is 5.30. The van der Waals surface area contributed by atoms with E-state index in [2.05, 4.69) is 29.8 Å². The molecule has 2 rings (SSSR count). The van der Waals surface area contributed by atoms with Crippen LogP contribution in [-0.2, 0) is 0 Å². The normalized spacial score (nSPS) is 23.3. The fourth-order valence-corrected chi connectivity index (χ4v) is 2.68. The van der Waals surface area contributed by atoms with E-state index in [0.717, 1.165) is 37.5 Å². The van der Waals surface area contributed by atoms with E-state index in [0.29, 0.717) is 6.04 Å². The molecule has 1 aliphatic rings. The number of benzene rings is 1. The molecule has 0 spiro atoms. The molecular formula is C15H25N3O. The molecule has 4 heteroatoms. The fraction of sp³-hybridized carbons (Fsp3) is 0.600. The number of nitrogens with two attached hydrogens (primary N) is 1. The van der Waals surface area contributed by atoms with Gasteiger partial charge in [-0.3, -0.25) is 4.90 Å². The second kappa shape index (κ2) is 6.37. The molecule has 19 heavy (non-hydrogen) atoms. The molecule has 0 radical (unpaired) electrons. The molecule has 1 heterocycles. The fourth-order valence-electron chi connectivity index (χ4n) is 2.68. The van der Waals surface area contributed by atoms with Crippen LogP contribution in [0.4, 0.5) is 0 Å². The predicted molar refractivity (Wildman–Crippen MR) is 78.5 cm³/mol. The van der Waals surface area contributed by atoms with Gasteiger partial charge in [0.05, 0.1) is 7.11 Å². The summed E-state index contributed by atoms with van der Waals surface area (Å²) in [6.07, 6.45) is 0. The van der Waals surface area contributed by atoms with Crippen LogP contribution in [0.25, 0.3) is 0 Å². The highest BCUT2D eigenvalue weighted by atomic mass is 16.5. The number of hydrogen-bond acceptors (Lipinski definition) is 4. The van der Waals surface area contributed by atoms with Crippen molar-refractivity contribution in [2.45, 2.75) is 19.0 Å². The molecular weight excluding hydrogens is 238 g/mol. The summed E-state index contributed by atoms with van der Waals surface area (Å²) in [6, 6.07) is 8.67. The summed E-state index contributed by atoms with van der Waals surface area (Å²) in [4.78, 5) is 4.85. The average molecular weight is 263 g/mol. The molecule has 2 N–H and O–H groups in total. The maximum Gasteiger partial charge on any atom is 0.119 e. The average Bonchev–Trinajstić information content (AvgIpc) is 2.42. The lowest BCUT2D eigenvalue weighted by molar-refractivity contribution is 0.0945. The predicted octanol–water partition coefficient (Wildman–Crippen LogP) is 1.33. The van der Waals surface area contributed by atoms with Crippen molar-refractivity contribution in [3.8, 4) is 5.75 Å². The monoisotopic (exact) mass is 263 g/mol. The molecule has 0 aromatic heterocycles. The lowest BCUT2D eigenvalue weighted by Gasteiger charge is -2.39. The van der Waals surface area contributed by atoms with E-state index >= 15 is 0 Å². The Morgan fingerprint density at radius 3 is 2.89 bits per heavy atom. The van der Waals surface area contributed by atoms with E-state index in [4.69, 9.17) is 10.5 Å². The van der Waals surface area contributed by atoms with Crippen molar-refractivity contribution in [1.29, 1.82) is 0 Å². The number of likely N-dealkylation sites (N-methyl/N-ethyl adjacent to an activating group) is 1. The smallest absolute Gasteiger partial charge is 0.119 e. The van der Waals surface area contributed by atoms with Crippen molar-refractivity contribution in [2.75, 3.05) is 40.3 Å². The first-order valence-corrected chi connectivity index (χ1v) is 6.92. The van der Waals surface area contributed by atoms with Crippen LogP contribution in [0.2, 0.25) is 0 Å². The van der Waals surface area contributed by atoms with E-state index in [1.807, 2.05) is 18.2 Å². The maximum atomic E-state index is 6.34. The molecule has 1 aliphatic heterocycles. The Morgan fingerprint density at radius 1 is 1.42 bits per heavy atom. The van der Waals surface area contributed by atoms with E-state index in [1.54, 1.807) is 7.11 Å². The maximum absolute atomic E-state index is 6.34. The number of methoxy groups -OCH3 is 1. The first-order valence-electron chi connectivity index (χ1n) is 6.92. The Bertz CT molecular complexity index is 410. The van der Waals surface area contributed by atoms with E-state index in [-0.39, 0.29) is 6.04 Å². The summed E-state index contributed by atoms with van der Waals surface area (Å²) < 4.78 is 5.25. The zero-order chi connectivity index (χ0) is 13.8. The van der Waals surface area contributed by atoms with Crippen molar-refractivity contribution in [2.24, 2.45) is 5.73 Å². The topological polar surface area (TPSA) is 41.7 Å². The Morgan fingerprint density at radius 2 is 2.21 bits per heavy atom. The molecule has 1 aromatic rings. The molecule has 1 saturated heterocycles. The second-order valence-electron chi connectivity index (χ2n) is 5.49. The van der Waals surface area contributed by atoms with Crippen molar-refractivity contribution in [3.63, 3.8) is 0 Å². The second-order valence-corrected chi connectivity index (χ2v) is 5.49. The molecule has 1 aromatic carbocycles.